The van der Waals surface area contributed by atoms with Gasteiger partial charge in [0.25, 0.3) is 5.56 Å². The molecule has 0 aliphatic heterocycles. The Bertz CT molecular complexity index is 1510. The van der Waals surface area contributed by atoms with Crippen molar-refractivity contribution in [3.63, 3.8) is 0 Å². The zero-order chi connectivity index (χ0) is 23.5. The lowest BCUT2D eigenvalue weighted by atomic mass is 10.2. The van der Waals surface area contributed by atoms with Crippen LogP contribution in [0.1, 0.15) is 11.1 Å². The SMILES string of the molecule is O=c1[nH]c2ccccc2c(=O)n1N=Cc1cc(Cl)c(OCc2ccc(F)cc2)c([N+](=O)[O-])c1. The molecule has 11 heteroatoms. The first-order chi connectivity index (χ1) is 15.8. The van der Waals surface area contributed by atoms with Crippen LogP contribution >= 0.6 is 11.6 Å². The molecule has 0 bridgehead atoms. The van der Waals surface area contributed by atoms with Gasteiger partial charge in [0.05, 0.1) is 27.1 Å². The second-order valence-electron chi connectivity index (χ2n) is 6.86. The van der Waals surface area contributed by atoms with Crippen LogP contribution in [0, 0.1) is 15.9 Å². The van der Waals surface area contributed by atoms with Crippen LogP contribution in [0.2, 0.25) is 5.02 Å². The number of hydrogen-bond acceptors (Lipinski definition) is 6. The predicted octanol–water partition coefficient (Wildman–Crippen LogP) is 3.85. The van der Waals surface area contributed by atoms with Crippen molar-refractivity contribution in [3.05, 3.63) is 114 Å². The molecule has 4 aromatic rings. The highest BCUT2D eigenvalue weighted by Crippen LogP contribution is 2.36. The first-order valence-corrected chi connectivity index (χ1v) is 9.85. The average Bonchev–Trinajstić information content (AvgIpc) is 2.79. The van der Waals surface area contributed by atoms with Crippen molar-refractivity contribution in [1.29, 1.82) is 0 Å². The Morgan fingerprint density at radius 1 is 1.15 bits per heavy atom. The van der Waals surface area contributed by atoms with E-state index in [9.17, 15) is 24.1 Å². The summed E-state index contributed by atoms with van der Waals surface area (Å²) in [6.45, 7) is -0.0733. The minimum absolute atomic E-state index is 0.0733. The van der Waals surface area contributed by atoms with E-state index in [4.69, 9.17) is 16.3 Å². The minimum Gasteiger partial charge on any atom is -0.481 e. The van der Waals surface area contributed by atoms with E-state index < -0.39 is 27.7 Å². The van der Waals surface area contributed by atoms with E-state index in [-0.39, 0.29) is 28.3 Å². The number of H-pyrrole nitrogens is 1. The van der Waals surface area contributed by atoms with Crippen molar-refractivity contribution >= 4 is 34.4 Å². The largest absolute Gasteiger partial charge is 0.481 e. The number of benzene rings is 3. The monoisotopic (exact) mass is 468 g/mol. The number of fused-ring (bicyclic) bond motifs is 1. The van der Waals surface area contributed by atoms with Gasteiger partial charge in [-0.15, -0.1) is 4.68 Å². The van der Waals surface area contributed by atoms with Crippen molar-refractivity contribution in [1.82, 2.24) is 9.66 Å². The van der Waals surface area contributed by atoms with Crippen LogP contribution in [0.4, 0.5) is 10.1 Å². The number of ether oxygens (including phenoxy) is 1. The van der Waals surface area contributed by atoms with Gasteiger partial charge in [-0.3, -0.25) is 14.9 Å². The second-order valence-corrected chi connectivity index (χ2v) is 7.27. The van der Waals surface area contributed by atoms with Gasteiger partial charge in [0.1, 0.15) is 12.4 Å². The maximum Gasteiger partial charge on any atom is 0.349 e. The highest BCUT2D eigenvalue weighted by Gasteiger charge is 2.20. The molecule has 0 saturated heterocycles. The molecule has 0 unspecified atom stereocenters. The lowest BCUT2D eigenvalue weighted by Gasteiger charge is -2.09. The van der Waals surface area contributed by atoms with Crippen LogP contribution in [0.15, 0.2) is 75.4 Å². The Kier molecular flexibility index (Phi) is 6.01. The topological polar surface area (TPSA) is 120 Å². The number of hydrogen-bond donors (Lipinski definition) is 1. The van der Waals surface area contributed by atoms with E-state index in [1.54, 1.807) is 18.2 Å². The summed E-state index contributed by atoms with van der Waals surface area (Å²) in [7, 11) is 0. The smallest absolute Gasteiger partial charge is 0.349 e. The number of aromatic amines is 1. The lowest BCUT2D eigenvalue weighted by Crippen LogP contribution is -2.32. The second kappa shape index (κ2) is 9.05. The molecule has 1 aromatic heterocycles. The van der Waals surface area contributed by atoms with Gasteiger partial charge >= 0.3 is 11.4 Å². The van der Waals surface area contributed by atoms with Crippen molar-refractivity contribution < 1.29 is 14.1 Å². The number of nitro benzene ring substituents is 1. The van der Waals surface area contributed by atoms with Crippen LogP contribution in [0.25, 0.3) is 10.9 Å². The highest BCUT2D eigenvalue weighted by molar-refractivity contribution is 6.32. The zero-order valence-electron chi connectivity index (χ0n) is 16.7. The molecule has 33 heavy (non-hydrogen) atoms. The molecule has 4 rings (SSSR count). The molecule has 3 aromatic carbocycles. The maximum atomic E-state index is 13.0. The molecule has 0 amide bonds. The summed E-state index contributed by atoms with van der Waals surface area (Å²) in [5.41, 5.74) is -0.742. The summed E-state index contributed by atoms with van der Waals surface area (Å²) >= 11 is 6.20. The Morgan fingerprint density at radius 3 is 2.61 bits per heavy atom. The van der Waals surface area contributed by atoms with Crippen molar-refractivity contribution in [2.45, 2.75) is 6.61 Å². The number of aromatic nitrogens is 2. The number of para-hydroxylation sites is 1. The molecule has 0 radical (unpaired) electrons. The van der Waals surface area contributed by atoms with Gasteiger partial charge in [0.2, 0.25) is 5.75 Å². The third kappa shape index (κ3) is 4.65. The fourth-order valence-corrected chi connectivity index (χ4v) is 3.35. The molecule has 0 saturated carbocycles. The Balaban J connectivity index is 1.67. The third-order valence-electron chi connectivity index (χ3n) is 4.65. The van der Waals surface area contributed by atoms with Gasteiger partial charge in [-0.1, -0.05) is 35.9 Å². The van der Waals surface area contributed by atoms with Crippen molar-refractivity contribution in [3.8, 4) is 5.75 Å². The van der Waals surface area contributed by atoms with Gasteiger partial charge in [0.15, 0.2) is 0 Å². The zero-order valence-corrected chi connectivity index (χ0v) is 17.5. The molecule has 1 heterocycles. The normalized spacial score (nSPS) is 11.2. The van der Waals surface area contributed by atoms with Gasteiger partial charge in [-0.2, -0.15) is 5.10 Å². The summed E-state index contributed by atoms with van der Waals surface area (Å²) in [5.74, 6) is -0.598. The van der Waals surface area contributed by atoms with Crippen LogP contribution in [0.5, 0.6) is 5.75 Å². The Hall–Kier alpha value is -4.31. The van der Waals surface area contributed by atoms with Gasteiger partial charge < -0.3 is 9.72 Å². The number of rotatable bonds is 6. The first kappa shape index (κ1) is 21.9. The molecule has 0 spiro atoms. The van der Waals surface area contributed by atoms with Crippen LogP contribution in [-0.2, 0) is 6.61 Å². The van der Waals surface area contributed by atoms with E-state index in [1.807, 2.05) is 0 Å². The Morgan fingerprint density at radius 2 is 1.88 bits per heavy atom. The molecule has 0 aliphatic carbocycles. The van der Waals surface area contributed by atoms with E-state index in [0.29, 0.717) is 15.8 Å². The maximum absolute atomic E-state index is 13.0. The summed E-state index contributed by atoms with van der Waals surface area (Å²) in [6.07, 6.45) is 1.11. The quantitative estimate of drug-likeness (QED) is 0.262. The predicted molar refractivity (Wildman–Crippen MR) is 121 cm³/mol. The summed E-state index contributed by atoms with van der Waals surface area (Å²) in [4.78, 5) is 38.2. The molecular formula is C22H14ClFN4O5. The van der Waals surface area contributed by atoms with E-state index in [1.165, 1.54) is 36.4 Å². The summed E-state index contributed by atoms with van der Waals surface area (Å²) in [6, 6.07) is 14.4. The van der Waals surface area contributed by atoms with Gasteiger partial charge in [0, 0.05) is 11.6 Å². The van der Waals surface area contributed by atoms with E-state index in [0.717, 1.165) is 12.3 Å². The molecule has 1 N–H and O–H groups in total. The van der Waals surface area contributed by atoms with Gasteiger partial charge in [-0.25, -0.2) is 9.18 Å². The third-order valence-corrected chi connectivity index (χ3v) is 4.93. The minimum atomic E-state index is -0.769. The van der Waals surface area contributed by atoms with Crippen LogP contribution in [-0.4, -0.2) is 20.8 Å². The van der Waals surface area contributed by atoms with Gasteiger partial charge in [-0.05, 0) is 35.9 Å². The van der Waals surface area contributed by atoms with Crippen LogP contribution < -0.4 is 16.0 Å². The van der Waals surface area contributed by atoms with E-state index in [2.05, 4.69) is 10.1 Å². The molecule has 166 valence electrons. The summed E-state index contributed by atoms with van der Waals surface area (Å²) < 4.78 is 19.2. The number of nitrogens with zero attached hydrogens (tertiary/aromatic N) is 3. The first-order valence-electron chi connectivity index (χ1n) is 9.47. The fraction of sp³-hybridized carbons (Fsp3) is 0.0455. The number of halogens is 2. The summed E-state index contributed by atoms with van der Waals surface area (Å²) in [5, 5.41) is 15.6. The van der Waals surface area contributed by atoms with Crippen molar-refractivity contribution in [2.75, 3.05) is 0 Å². The van der Waals surface area contributed by atoms with Crippen LogP contribution in [0.3, 0.4) is 0 Å². The Labute approximate surface area is 189 Å². The molecule has 0 atom stereocenters. The number of nitro groups is 1. The molecular weight excluding hydrogens is 455 g/mol. The standard InChI is InChI=1S/C22H14ClFN4O5/c23-17-9-14(11-25-27-21(29)16-3-1-2-4-18(16)26-22(27)30)10-19(28(31)32)20(17)33-12-13-5-7-15(24)8-6-13/h1-11H,12H2,(H,26,30). The fourth-order valence-electron chi connectivity index (χ4n) is 3.07. The lowest BCUT2D eigenvalue weighted by molar-refractivity contribution is -0.385. The van der Waals surface area contributed by atoms with E-state index >= 15 is 0 Å². The average molecular weight is 469 g/mol. The number of nitrogens with one attached hydrogen (secondary N) is 1. The molecule has 9 nitrogen and oxygen atoms in total. The van der Waals surface area contributed by atoms with Crippen molar-refractivity contribution in [2.24, 2.45) is 5.10 Å². The molecule has 0 fully saturated rings. The molecule has 0 aliphatic rings. The highest BCUT2D eigenvalue weighted by atomic mass is 35.5.